The highest BCUT2D eigenvalue weighted by Crippen LogP contribution is 2.20. The van der Waals surface area contributed by atoms with Crippen molar-refractivity contribution in [2.45, 2.75) is 51.7 Å². The van der Waals surface area contributed by atoms with Gasteiger partial charge in [-0.2, -0.15) is 10.1 Å². The van der Waals surface area contributed by atoms with Crippen LogP contribution in [0.3, 0.4) is 0 Å². The molecule has 130 valence electrons. The summed E-state index contributed by atoms with van der Waals surface area (Å²) in [6.07, 6.45) is 3.91. The second-order valence-electron chi connectivity index (χ2n) is 6.17. The predicted molar refractivity (Wildman–Crippen MR) is 92.2 cm³/mol. The third-order valence-corrected chi connectivity index (χ3v) is 4.49. The Hall–Kier alpha value is -2.15. The summed E-state index contributed by atoms with van der Waals surface area (Å²) in [5.74, 6) is 0.424. The highest BCUT2D eigenvalue weighted by atomic mass is 16.5. The average Bonchev–Trinajstić information content (AvgIpc) is 3.03. The van der Waals surface area contributed by atoms with Gasteiger partial charge in [-0.05, 0) is 44.8 Å². The maximum atomic E-state index is 12.5. The number of ether oxygens (including phenoxy) is 1. The molecule has 0 aliphatic carbocycles. The van der Waals surface area contributed by atoms with E-state index in [0.717, 1.165) is 44.2 Å². The fraction of sp³-hybridized carbons (Fsp3) is 0.588. The number of hydrogen-bond donors (Lipinski definition) is 3. The van der Waals surface area contributed by atoms with E-state index in [0.29, 0.717) is 17.2 Å². The summed E-state index contributed by atoms with van der Waals surface area (Å²) in [5, 5.41) is 14.1. The molecule has 3 N–H and O–H groups in total. The number of carbonyl (C=O) groups excluding carboxylic acids is 1. The van der Waals surface area contributed by atoms with Crippen molar-refractivity contribution in [1.82, 2.24) is 25.8 Å². The molecule has 0 unspecified atom stereocenters. The van der Waals surface area contributed by atoms with Gasteiger partial charge in [0, 0.05) is 12.1 Å². The quantitative estimate of drug-likeness (QED) is 0.753. The van der Waals surface area contributed by atoms with Crippen LogP contribution < -0.4 is 15.4 Å². The normalized spacial score (nSPS) is 15.8. The number of aromatic nitrogens is 3. The molecule has 3 rings (SSSR count). The van der Waals surface area contributed by atoms with Gasteiger partial charge >= 0.3 is 0 Å². The molecular weight excluding hydrogens is 306 g/mol. The Morgan fingerprint density at radius 3 is 2.79 bits per heavy atom. The number of piperidine rings is 1. The van der Waals surface area contributed by atoms with Crippen molar-refractivity contribution >= 4 is 16.9 Å². The first-order valence-electron chi connectivity index (χ1n) is 8.74. The lowest BCUT2D eigenvalue weighted by Gasteiger charge is -2.23. The van der Waals surface area contributed by atoms with Crippen molar-refractivity contribution in [1.29, 1.82) is 0 Å². The van der Waals surface area contributed by atoms with Gasteiger partial charge in [-0.1, -0.05) is 13.8 Å². The molecule has 7 nitrogen and oxygen atoms in total. The van der Waals surface area contributed by atoms with Crippen LogP contribution in [0.4, 0.5) is 0 Å². The highest BCUT2D eigenvalue weighted by molar-refractivity contribution is 6.04. The lowest BCUT2D eigenvalue weighted by molar-refractivity contribution is 0.0926. The molecular formula is C17H25N5O2. The van der Waals surface area contributed by atoms with Crippen molar-refractivity contribution in [2.24, 2.45) is 0 Å². The molecule has 2 aromatic heterocycles. The maximum absolute atomic E-state index is 12.5. The fourth-order valence-electron chi connectivity index (χ4n) is 2.97. The molecule has 3 heterocycles. The Bertz CT molecular complexity index is 689. The van der Waals surface area contributed by atoms with Crippen molar-refractivity contribution < 1.29 is 9.53 Å². The number of fused-ring (bicyclic) bond motifs is 1. The summed E-state index contributed by atoms with van der Waals surface area (Å²) in [5.41, 5.74) is 0.971. The number of H-pyrrole nitrogens is 1. The topological polar surface area (TPSA) is 91.9 Å². The number of nitrogens with zero attached hydrogens (tertiary/aromatic N) is 2. The Labute approximate surface area is 141 Å². The van der Waals surface area contributed by atoms with Gasteiger partial charge in [0.2, 0.25) is 5.88 Å². The average molecular weight is 331 g/mol. The van der Waals surface area contributed by atoms with E-state index in [1.54, 1.807) is 6.07 Å². The molecule has 24 heavy (non-hydrogen) atoms. The lowest BCUT2D eigenvalue weighted by atomic mass is 10.1. The van der Waals surface area contributed by atoms with Gasteiger partial charge in [0.1, 0.15) is 5.69 Å². The summed E-state index contributed by atoms with van der Waals surface area (Å²) in [6, 6.07) is 3.86. The van der Waals surface area contributed by atoms with E-state index < -0.39 is 0 Å². The van der Waals surface area contributed by atoms with Crippen molar-refractivity contribution in [3.8, 4) is 5.88 Å². The molecule has 0 saturated carbocycles. The number of carbonyl (C=O) groups is 1. The zero-order chi connectivity index (χ0) is 16.9. The number of hydrogen-bond acceptors (Lipinski definition) is 5. The zero-order valence-corrected chi connectivity index (χ0v) is 14.3. The van der Waals surface area contributed by atoms with Gasteiger partial charge < -0.3 is 15.4 Å². The largest absolute Gasteiger partial charge is 0.474 e. The first-order valence-corrected chi connectivity index (χ1v) is 8.74. The van der Waals surface area contributed by atoms with E-state index in [9.17, 15) is 4.79 Å². The smallest absolute Gasteiger partial charge is 0.270 e. The Morgan fingerprint density at radius 2 is 2.08 bits per heavy atom. The Balaban J connectivity index is 1.74. The molecule has 2 aromatic rings. The van der Waals surface area contributed by atoms with Gasteiger partial charge in [0.05, 0.1) is 11.5 Å². The van der Waals surface area contributed by atoms with Crippen LogP contribution in [0.2, 0.25) is 0 Å². The minimum Gasteiger partial charge on any atom is -0.474 e. The monoisotopic (exact) mass is 331 g/mol. The van der Waals surface area contributed by atoms with Gasteiger partial charge in [-0.15, -0.1) is 0 Å². The SMILES string of the molecule is CCC(CC)Oc1ccc2c(C(=O)NC3CCNCC3)[nH]nc2n1. The minimum atomic E-state index is -0.125. The zero-order valence-electron chi connectivity index (χ0n) is 14.3. The van der Waals surface area contributed by atoms with Gasteiger partial charge in [0.15, 0.2) is 5.65 Å². The van der Waals surface area contributed by atoms with E-state index in [1.165, 1.54) is 0 Å². The summed E-state index contributed by atoms with van der Waals surface area (Å²) in [7, 11) is 0. The molecule has 0 radical (unpaired) electrons. The van der Waals surface area contributed by atoms with Crippen LogP contribution in [-0.2, 0) is 0 Å². The predicted octanol–water partition coefficient (Wildman–Crippen LogP) is 2.01. The first kappa shape index (κ1) is 16.7. The fourth-order valence-corrected chi connectivity index (χ4v) is 2.97. The first-order chi connectivity index (χ1) is 11.7. The van der Waals surface area contributed by atoms with Crippen molar-refractivity contribution in [3.63, 3.8) is 0 Å². The minimum absolute atomic E-state index is 0.125. The van der Waals surface area contributed by atoms with Crippen molar-refractivity contribution in [3.05, 3.63) is 17.8 Å². The standard InChI is InChI=1S/C17H25N5O2/c1-3-12(4-2)24-14-6-5-13-15(21-22-16(13)20-14)17(23)19-11-7-9-18-10-8-11/h5-6,11-12,18H,3-4,7-10H2,1-2H3,(H,19,23)(H,20,21,22). The molecule has 1 fully saturated rings. The van der Waals surface area contributed by atoms with E-state index in [2.05, 4.69) is 39.7 Å². The van der Waals surface area contributed by atoms with Crippen LogP contribution in [0.15, 0.2) is 12.1 Å². The second-order valence-corrected chi connectivity index (χ2v) is 6.17. The van der Waals surface area contributed by atoms with Gasteiger partial charge in [-0.3, -0.25) is 9.89 Å². The summed E-state index contributed by atoms with van der Waals surface area (Å²) < 4.78 is 5.84. The molecule has 1 amide bonds. The van der Waals surface area contributed by atoms with Gasteiger partial charge in [0.25, 0.3) is 5.91 Å². The molecule has 0 spiro atoms. The molecule has 7 heteroatoms. The van der Waals surface area contributed by atoms with E-state index in [-0.39, 0.29) is 18.1 Å². The van der Waals surface area contributed by atoms with Crippen molar-refractivity contribution in [2.75, 3.05) is 13.1 Å². The second kappa shape index (κ2) is 7.61. The highest BCUT2D eigenvalue weighted by Gasteiger charge is 2.20. The summed E-state index contributed by atoms with van der Waals surface area (Å²) in [4.78, 5) is 16.9. The van der Waals surface area contributed by atoms with Crippen LogP contribution in [-0.4, -0.2) is 46.3 Å². The molecule has 0 bridgehead atoms. The third kappa shape index (κ3) is 3.67. The number of amides is 1. The maximum Gasteiger partial charge on any atom is 0.270 e. The molecule has 0 atom stereocenters. The van der Waals surface area contributed by atoms with Crippen LogP contribution >= 0.6 is 0 Å². The number of pyridine rings is 1. The number of nitrogens with one attached hydrogen (secondary N) is 3. The van der Waals surface area contributed by atoms with Crippen LogP contribution in [0.5, 0.6) is 5.88 Å². The van der Waals surface area contributed by atoms with Gasteiger partial charge in [-0.25, -0.2) is 0 Å². The van der Waals surface area contributed by atoms with E-state index in [1.807, 2.05) is 6.07 Å². The van der Waals surface area contributed by atoms with Crippen LogP contribution in [0.25, 0.3) is 11.0 Å². The summed E-state index contributed by atoms with van der Waals surface area (Å²) in [6.45, 7) is 6.05. The molecule has 1 aliphatic heterocycles. The molecule has 0 aromatic carbocycles. The summed E-state index contributed by atoms with van der Waals surface area (Å²) >= 11 is 0. The Morgan fingerprint density at radius 1 is 1.33 bits per heavy atom. The Kier molecular flexibility index (Phi) is 5.30. The third-order valence-electron chi connectivity index (χ3n) is 4.49. The van der Waals surface area contributed by atoms with E-state index in [4.69, 9.17) is 4.74 Å². The number of rotatable bonds is 6. The molecule has 1 aliphatic rings. The number of aromatic amines is 1. The van der Waals surface area contributed by atoms with E-state index >= 15 is 0 Å². The van der Waals surface area contributed by atoms with Crippen LogP contribution in [0.1, 0.15) is 50.0 Å². The molecule has 1 saturated heterocycles. The van der Waals surface area contributed by atoms with Crippen LogP contribution in [0, 0.1) is 0 Å². The lowest BCUT2D eigenvalue weighted by Crippen LogP contribution is -2.42.